The van der Waals surface area contributed by atoms with Crippen LogP contribution in [-0.4, -0.2) is 11.9 Å². The van der Waals surface area contributed by atoms with Crippen molar-refractivity contribution >= 4 is 5.91 Å². The number of carbonyl (C=O) groups excluding carboxylic acids is 1. The van der Waals surface area contributed by atoms with Crippen LogP contribution in [-0.2, 0) is 4.79 Å². The van der Waals surface area contributed by atoms with Crippen molar-refractivity contribution in [2.75, 3.05) is 0 Å². The average Bonchev–Trinajstić information content (AvgIpc) is 2.50. The van der Waals surface area contributed by atoms with Crippen LogP contribution in [0.4, 0.5) is 0 Å². The van der Waals surface area contributed by atoms with Gasteiger partial charge in [-0.05, 0) is 42.1 Å². The van der Waals surface area contributed by atoms with Gasteiger partial charge in [-0.1, -0.05) is 27.4 Å². The van der Waals surface area contributed by atoms with Crippen LogP contribution in [0.5, 0.6) is 0 Å². The van der Waals surface area contributed by atoms with E-state index in [4.69, 9.17) is 0 Å². The van der Waals surface area contributed by atoms with Crippen LogP contribution in [0.1, 0.15) is 40.0 Å². The Kier molecular flexibility index (Phi) is 2.21. The first kappa shape index (κ1) is 10.7. The maximum absolute atomic E-state index is 11.4. The Bertz CT molecular complexity index is 308. The van der Waals surface area contributed by atoms with Crippen LogP contribution in [0.25, 0.3) is 0 Å². The predicted molar refractivity (Wildman–Crippen MR) is 61.4 cm³/mol. The highest BCUT2D eigenvalue weighted by atomic mass is 16.1. The standard InChI is InChI=1S/C13H21NO/c1-5-11(15)14-10-8-9-6-7-13(10,4)12(9,2)3/h5,9-10H,1,6-8H2,2-4H3,(H,14,15)/t9-,10-,13+/m0/s1. The molecule has 15 heavy (non-hydrogen) atoms. The van der Waals surface area contributed by atoms with Gasteiger partial charge in [-0.25, -0.2) is 0 Å². The Hall–Kier alpha value is -0.790. The van der Waals surface area contributed by atoms with Gasteiger partial charge in [0.25, 0.3) is 0 Å². The van der Waals surface area contributed by atoms with E-state index in [1.54, 1.807) is 0 Å². The molecule has 2 heteroatoms. The molecular formula is C13H21NO. The summed E-state index contributed by atoms with van der Waals surface area (Å²) < 4.78 is 0. The SMILES string of the molecule is C=CC(=O)N[C@H]1C[C@@H]2CC[C@@]1(C)C2(C)C. The summed E-state index contributed by atoms with van der Waals surface area (Å²) in [7, 11) is 0. The fourth-order valence-corrected chi connectivity index (χ4v) is 3.65. The second-order valence-electron chi connectivity index (χ2n) is 5.88. The number of hydrogen-bond donors (Lipinski definition) is 1. The van der Waals surface area contributed by atoms with Gasteiger partial charge in [0.15, 0.2) is 0 Å². The van der Waals surface area contributed by atoms with Crippen molar-refractivity contribution in [1.29, 1.82) is 0 Å². The fourth-order valence-electron chi connectivity index (χ4n) is 3.65. The molecule has 0 unspecified atom stereocenters. The lowest BCUT2D eigenvalue weighted by Gasteiger charge is -2.39. The summed E-state index contributed by atoms with van der Waals surface area (Å²) in [6.07, 6.45) is 5.09. The minimum atomic E-state index is -0.0235. The smallest absolute Gasteiger partial charge is 0.243 e. The number of nitrogens with one attached hydrogen (secondary N) is 1. The van der Waals surface area contributed by atoms with E-state index in [2.05, 4.69) is 32.7 Å². The lowest BCUT2D eigenvalue weighted by Crippen LogP contribution is -2.46. The molecule has 0 aromatic rings. The molecule has 2 nitrogen and oxygen atoms in total. The molecule has 2 aliphatic carbocycles. The second-order valence-corrected chi connectivity index (χ2v) is 5.88. The van der Waals surface area contributed by atoms with Gasteiger partial charge in [0.05, 0.1) is 0 Å². The Morgan fingerprint density at radius 3 is 2.53 bits per heavy atom. The Morgan fingerprint density at radius 2 is 2.13 bits per heavy atom. The van der Waals surface area contributed by atoms with Gasteiger partial charge in [-0.2, -0.15) is 0 Å². The predicted octanol–water partition coefficient (Wildman–Crippen LogP) is 2.50. The quantitative estimate of drug-likeness (QED) is 0.693. The van der Waals surface area contributed by atoms with E-state index < -0.39 is 0 Å². The van der Waals surface area contributed by atoms with Crippen molar-refractivity contribution in [3.63, 3.8) is 0 Å². The summed E-state index contributed by atoms with van der Waals surface area (Å²) in [5, 5.41) is 3.10. The van der Waals surface area contributed by atoms with Crippen molar-refractivity contribution in [2.24, 2.45) is 16.7 Å². The maximum Gasteiger partial charge on any atom is 0.243 e. The molecule has 0 saturated heterocycles. The first-order valence-electron chi connectivity index (χ1n) is 5.85. The maximum atomic E-state index is 11.4. The minimum Gasteiger partial charge on any atom is -0.349 e. The van der Waals surface area contributed by atoms with Crippen LogP contribution in [0, 0.1) is 16.7 Å². The third kappa shape index (κ3) is 1.27. The molecule has 0 radical (unpaired) electrons. The zero-order chi connectivity index (χ0) is 11.3. The van der Waals surface area contributed by atoms with E-state index >= 15 is 0 Å². The lowest BCUT2D eigenvalue weighted by molar-refractivity contribution is -0.118. The summed E-state index contributed by atoms with van der Waals surface area (Å²) >= 11 is 0. The summed E-state index contributed by atoms with van der Waals surface area (Å²) in [6.45, 7) is 10.5. The molecule has 0 heterocycles. The van der Waals surface area contributed by atoms with Gasteiger partial charge in [-0.15, -0.1) is 0 Å². The number of hydrogen-bond acceptors (Lipinski definition) is 1. The van der Waals surface area contributed by atoms with E-state index in [0.29, 0.717) is 11.5 Å². The van der Waals surface area contributed by atoms with E-state index in [0.717, 1.165) is 12.3 Å². The Balaban J connectivity index is 2.19. The molecule has 0 spiro atoms. The van der Waals surface area contributed by atoms with Crippen molar-refractivity contribution in [1.82, 2.24) is 5.32 Å². The van der Waals surface area contributed by atoms with E-state index in [1.165, 1.54) is 18.9 Å². The van der Waals surface area contributed by atoms with Gasteiger partial charge < -0.3 is 5.32 Å². The van der Waals surface area contributed by atoms with Gasteiger partial charge in [-0.3, -0.25) is 4.79 Å². The molecule has 3 atom stereocenters. The van der Waals surface area contributed by atoms with E-state index in [9.17, 15) is 4.79 Å². The first-order valence-corrected chi connectivity index (χ1v) is 5.85. The van der Waals surface area contributed by atoms with Crippen LogP contribution in [0.15, 0.2) is 12.7 Å². The summed E-state index contributed by atoms with van der Waals surface area (Å²) in [5.74, 6) is 0.752. The van der Waals surface area contributed by atoms with Gasteiger partial charge >= 0.3 is 0 Å². The highest BCUT2D eigenvalue weighted by molar-refractivity contribution is 5.87. The summed E-state index contributed by atoms with van der Waals surface area (Å²) in [4.78, 5) is 11.4. The molecule has 2 saturated carbocycles. The molecule has 2 aliphatic rings. The summed E-state index contributed by atoms with van der Waals surface area (Å²) in [6, 6.07) is 0.344. The molecule has 2 rings (SSSR count). The monoisotopic (exact) mass is 207 g/mol. The lowest BCUT2D eigenvalue weighted by atomic mass is 9.69. The molecule has 0 aliphatic heterocycles. The Morgan fingerprint density at radius 1 is 1.47 bits per heavy atom. The van der Waals surface area contributed by atoms with Gasteiger partial charge in [0.1, 0.15) is 0 Å². The highest BCUT2D eigenvalue weighted by Gasteiger charge is 2.61. The summed E-state index contributed by atoms with van der Waals surface area (Å²) in [5.41, 5.74) is 0.641. The molecule has 2 fully saturated rings. The van der Waals surface area contributed by atoms with Crippen LogP contribution in [0.2, 0.25) is 0 Å². The third-order valence-electron chi connectivity index (χ3n) is 5.30. The molecule has 0 aromatic heterocycles. The normalized spacial score (nSPS) is 41.5. The average molecular weight is 207 g/mol. The van der Waals surface area contributed by atoms with Crippen molar-refractivity contribution in [3.05, 3.63) is 12.7 Å². The second kappa shape index (κ2) is 3.10. The molecule has 2 bridgehead atoms. The molecule has 0 aromatic carbocycles. The van der Waals surface area contributed by atoms with Gasteiger partial charge in [0.2, 0.25) is 5.91 Å². The van der Waals surface area contributed by atoms with Crippen molar-refractivity contribution in [2.45, 2.75) is 46.1 Å². The van der Waals surface area contributed by atoms with Crippen LogP contribution in [0.3, 0.4) is 0 Å². The molecular weight excluding hydrogens is 186 g/mol. The molecule has 1 N–H and O–H groups in total. The van der Waals surface area contributed by atoms with Crippen molar-refractivity contribution in [3.8, 4) is 0 Å². The number of rotatable bonds is 2. The van der Waals surface area contributed by atoms with Crippen LogP contribution >= 0.6 is 0 Å². The van der Waals surface area contributed by atoms with Gasteiger partial charge in [0, 0.05) is 6.04 Å². The minimum absolute atomic E-state index is 0.0235. The zero-order valence-corrected chi connectivity index (χ0v) is 9.97. The van der Waals surface area contributed by atoms with E-state index in [1.807, 2.05) is 0 Å². The molecule has 84 valence electrons. The first-order chi connectivity index (χ1) is 6.91. The fraction of sp³-hybridized carbons (Fsp3) is 0.769. The third-order valence-corrected chi connectivity index (χ3v) is 5.30. The van der Waals surface area contributed by atoms with Crippen LogP contribution < -0.4 is 5.32 Å². The number of fused-ring (bicyclic) bond motifs is 2. The van der Waals surface area contributed by atoms with Crippen molar-refractivity contribution < 1.29 is 4.79 Å². The molecule has 1 amide bonds. The largest absolute Gasteiger partial charge is 0.349 e. The highest BCUT2D eigenvalue weighted by Crippen LogP contribution is 2.65. The Labute approximate surface area is 92.1 Å². The topological polar surface area (TPSA) is 29.1 Å². The van der Waals surface area contributed by atoms with E-state index in [-0.39, 0.29) is 11.3 Å². The zero-order valence-electron chi connectivity index (χ0n) is 9.97. The number of carbonyl (C=O) groups is 1. The number of amides is 1.